The lowest BCUT2D eigenvalue weighted by Crippen LogP contribution is -2.45. The van der Waals surface area contributed by atoms with Crippen LogP contribution in [0.25, 0.3) is 0 Å². The Bertz CT molecular complexity index is 479. The van der Waals surface area contributed by atoms with E-state index in [0.29, 0.717) is 26.1 Å². The van der Waals surface area contributed by atoms with Crippen molar-refractivity contribution in [2.75, 3.05) is 19.7 Å². The number of nitrogens with zero attached hydrogens (tertiary/aromatic N) is 2. The number of nitriles is 1. The average Bonchev–Trinajstić information content (AvgIpc) is 2.41. The van der Waals surface area contributed by atoms with Crippen LogP contribution in [-0.4, -0.2) is 36.6 Å². The van der Waals surface area contributed by atoms with Crippen LogP contribution in [0, 0.1) is 18.3 Å². The lowest BCUT2D eigenvalue weighted by atomic mass is 10.1. The van der Waals surface area contributed by atoms with Crippen LogP contribution in [0.15, 0.2) is 24.3 Å². The number of carbonyl (C=O) groups is 1. The van der Waals surface area contributed by atoms with Crippen LogP contribution in [0.5, 0.6) is 0 Å². The van der Waals surface area contributed by atoms with E-state index in [4.69, 9.17) is 10.00 Å². The van der Waals surface area contributed by atoms with Crippen molar-refractivity contribution in [3.63, 3.8) is 0 Å². The molecule has 1 atom stereocenters. The highest BCUT2D eigenvalue weighted by Crippen LogP contribution is 2.11. The zero-order chi connectivity index (χ0) is 13.0. The number of ether oxygens (including phenoxy) is 1. The minimum absolute atomic E-state index is 0.0628. The van der Waals surface area contributed by atoms with E-state index in [0.717, 1.165) is 11.1 Å². The molecular formula is C14H16N2O2. The van der Waals surface area contributed by atoms with Crippen LogP contribution in [0.3, 0.4) is 0 Å². The molecule has 0 N–H and O–H groups in total. The minimum atomic E-state index is -0.487. The summed E-state index contributed by atoms with van der Waals surface area (Å²) in [4.78, 5) is 13.9. The van der Waals surface area contributed by atoms with Crippen molar-refractivity contribution in [2.45, 2.75) is 19.4 Å². The maximum Gasteiger partial charge on any atom is 0.227 e. The van der Waals surface area contributed by atoms with E-state index in [2.05, 4.69) is 0 Å². The van der Waals surface area contributed by atoms with Gasteiger partial charge in [0.1, 0.15) is 0 Å². The summed E-state index contributed by atoms with van der Waals surface area (Å²) in [6, 6.07) is 9.92. The summed E-state index contributed by atoms with van der Waals surface area (Å²) in [7, 11) is 0. The van der Waals surface area contributed by atoms with Gasteiger partial charge in [-0.3, -0.25) is 4.79 Å². The molecular weight excluding hydrogens is 228 g/mol. The fraction of sp³-hybridized carbons (Fsp3) is 0.429. The smallest absolute Gasteiger partial charge is 0.227 e. The van der Waals surface area contributed by atoms with Gasteiger partial charge in [-0.1, -0.05) is 24.3 Å². The predicted octanol–water partition coefficient (Wildman–Crippen LogP) is 1.29. The third-order valence-corrected chi connectivity index (χ3v) is 3.17. The number of hydrogen-bond acceptors (Lipinski definition) is 3. The molecule has 1 heterocycles. The van der Waals surface area contributed by atoms with E-state index in [1.165, 1.54) is 0 Å². The number of rotatable bonds is 2. The van der Waals surface area contributed by atoms with Gasteiger partial charge in [0.25, 0.3) is 0 Å². The van der Waals surface area contributed by atoms with Crippen molar-refractivity contribution in [1.82, 2.24) is 4.90 Å². The lowest BCUT2D eigenvalue weighted by Gasteiger charge is -2.30. The van der Waals surface area contributed by atoms with Crippen LogP contribution in [-0.2, 0) is 16.0 Å². The van der Waals surface area contributed by atoms with Gasteiger partial charge in [0.15, 0.2) is 6.10 Å². The first-order valence-corrected chi connectivity index (χ1v) is 6.04. The molecule has 2 rings (SSSR count). The van der Waals surface area contributed by atoms with E-state index in [1.807, 2.05) is 37.3 Å². The Balaban J connectivity index is 2.00. The molecule has 94 valence electrons. The molecule has 1 aliphatic heterocycles. The third-order valence-electron chi connectivity index (χ3n) is 3.17. The molecule has 4 nitrogen and oxygen atoms in total. The standard InChI is InChI=1S/C14H16N2O2/c1-11-4-2-3-5-12(11)8-14(17)16-6-7-18-13(9-15)10-16/h2-5,13H,6-8,10H2,1H3. The maximum atomic E-state index is 12.1. The second kappa shape index (κ2) is 5.65. The molecule has 0 radical (unpaired) electrons. The van der Waals surface area contributed by atoms with E-state index in [9.17, 15) is 4.79 Å². The fourth-order valence-electron chi connectivity index (χ4n) is 2.04. The Hall–Kier alpha value is -1.86. The SMILES string of the molecule is Cc1ccccc1CC(=O)N1CCOC(C#N)C1. The van der Waals surface area contributed by atoms with Crippen molar-refractivity contribution in [2.24, 2.45) is 0 Å². The summed E-state index contributed by atoms with van der Waals surface area (Å²) < 4.78 is 5.23. The van der Waals surface area contributed by atoms with Crippen molar-refractivity contribution in [3.05, 3.63) is 35.4 Å². The molecule has 1 aromatic rings. The molecule has 1 aromatic carbocycles. The normalized spacial score (nSPS) is 19.3. The molecule has 1 fully saturated rings. The first kappa shape index (κ1) is 12.6. The van der Waals surface area contributed by atoms with Gasteiger partial charge in [-0.2, -0.15) is 5.26 Å². The Morgan fingerprint density at radius 3 is 3.06 bits per heavy atom. The maximum absolute atomic E-state index is 12.1. The lowest BCUT2D eigenvalue weighted by molar-refractivity contribution is -0.136. The molecule has 0 bridgehead atoms. The predicted molar refractivity (Wildman–Crippen MR) is 66.8 cm³/mol. The third kappa shape index (κ3) is 2.88. The minimum Gasteiger partial charge on any atom is -0.360 e. The summed E-state index contributed by atoms with van der Waals surface area (Å²) >= 11 is 0. The summed E-state index contributed by atoms with van der Waals surface area (Å²) in [6.45, 7) is 3.39. The van der Waals surface area contributed by atoms with Crippen molar-refractivity contribution < 1.29 is 9.53 Å². The highest BCUT2D eigenvalue weighted by Gasteiger charge is 2.23. The highest BCUT2D eigenvalue weighted by molar-refractivity contribution is 5.79. The second-order valence-electron chi connectivity index (χ2n) is 4.43. The largest absolute Gasteiger partial charge is 0.360 e. The van der Waals surface area contributed by atoms with Gasteiger partial charge >= 0.3 is 0 Å². The molecule has 0 saturated carbocycles. The summed E-state index contributed by atoms with van der Waals surface area (Å²) in [5.74, 6) is 0.0628. The zero-order valence-electron chi connectivity index (χ0n) is 10.4. The molecule has 0 aromatic heterocycles. The number of benzene rings is 1. The topological polar surface area (TPSA) is 53.3 Å². The van der Waals surface area contributed by atoms with Crippen molar-refractivity contribution >= 4 is 5.91 Å². The number of amides is 1. The first-order valence-electron chi connectivity index (χ1n) is 6.04. The number of morpholine rings is 1. The van der Waals surface area contributed by atoms with Gasteiger partial charge in [0.2, 0.25) is 5.91 Å². The quantitative estimate of drug-likeness (QED) is 0.787. The first-order chi connectivity index (χ1) is 8.70. The van der Waals surface area contributed by atoms with Gasteiger partial charge in [-0.15, -0.1) is 0 Å². The van der Waals surface area contributed by atoms with Gasteiger partial charge in [-0.05, 0) is 18.1 Å². The summed E-state index contributed by atoms with van der Waals surface area (Å²) in [5, 5.41) is 8.81. The molecule has 1 saturated heterocycles. The molecule has 0 aliphatic carbocycles. The molecule has 1 amide bonds. The molecule has 0 spiro atoms. The van der Waals surface area contributed by atoms with E-state index >= 15 is 0 Å². The number of carbonyl (C=O) groups excluding carboxylic acids is 1. The second-order valence-corrected chi connectivity index (χ2v) is 4.43. The van der Waals surface area contributed by atoms with Crippen molar-refractivity contribution in [3.8, 4) is 6.07 Å². The van der Waals surface area contributed by atoms with E-state index < -0.39 is 6.10 Å². The van der Waals surface area contributed by atoms with Gasteiger partial charge in [0, 0.05) is 6.54 Å². The summed E-state index contributed by atoms with van der Waals surface area (Å²) in [6.07, 6.45) is -0.0928. The summed E-state index contributed by atoms with van der Waals surface area (Å²) in [5.41, 5.74) is 2.17. The molecule has 4 heteroatoms. The van der Waals surface area contributed by atoms with Gasteiger partial charge in [-0.25, -0.2) is 0 Å². The molecule has 1 unspecified atom stereocenters. The van der Waals surface area contributed by atoms with Gasteiger partial charge < -0.3 is 9.64 Å². The van der Waals surface area contributed by atoms with Crippen LogP contribution in [0.2, 0.25) is 0 Å². The van der Waals surface area contributed by atoms with Crippen LogP contribution in [0.4, 0.5) is 0 Å². The average molecular weight is 244 g/mol. The monoisotopic (exact) mass is 244 g/mol. The van der Waals surface area contributed by atoms with E-state index in [1.54, 1.807) is 4.90 Å². The number of aryl methyl sites for hydroxylation is 1. The fourth-order valence-corrected chi connectivity index (χ4v) is 2.04. The Morgan fingerprint density at radius 2 is 2.33 bits per heavy atom. The Kier molecular flexibility index (Phi) is 3.96. The number of hydrogen-bond donors (Lipinski definition) is 0. The Morgan fingerprint density at radius 1 is 1.56 bits per heavy atom. The van der Waals surface area contributed by atoms with Crippen LogP contribution >= 0.6 is 0 Å². The van der Waals surface area contributed by atoms with E-state index in [-0.39, 0.29) is 5.91 Å². The molecule has 1 aliphatic rings. The van der Waals surface area contributed by atoms with Crippen LogP contribution in [0.1, 0.15) is 11.1 Å². The molecule has 18 heavy (non-hydrogen) atoms. The highest BCUT2D eigenvalue weighted by atomic mass is 16.5. The van der Waals surface area contributed by atoms with Crippen LogP contribution < -0.4 is 0 Å². The Labute approximate surface area is 107 Å². The van der Waals surface area contributed by atoms with Crippen molar-refractivity contribution in [1.29, 1.82) is 5.26 Å². The van der Waals surface area contributed by atoms with Gasteiger partial charge in [0.05, 0.1) is 25.6 Å². The zero-order valence-corrected chi connectivity index (χ0v) is 10.4.